The van der Waals surface area contributed by atoms with Crippen LogP contribution in [0, 0.1) is 0 Å². The van der Waals surface area contributed by atoms with Crippen LogP contribution in [0.15, 0.2) is 12.1 Å². The normalized spacial score (nSPS) is 19.1. The molecule has 0 saturated heterocycles. The summed E-state index contributed by atoms with van der Waals surface area (Å²) in [4.78, 5) is 0. The highest BCUT2D eigenvalue weighted by Gasteiger charge is 2.31. The summed E-state index contributed by atoms with van der Waals surface area (Å²) in [7, 11) is 0. The summed E-state index contributed by atoms with van der Waals surface area (Å²) in [5, 5.41) is 0.707. The number of rotatable bonds is 2. The van der Waals surface area contributed by atoms with Gasteiger partial charge in [-0.15, -0.1) is 0 Å². The van der Waals surface area contributed by atoms with Crippen molar-refractivity contribution in [3.8, 4) is 5.75 Å². The largest absolute Gasteiger partial charge is 0.486 e. The van der Waals surface area contributed by atoms with Crippen molar-refractivity contribution in [2.24, 2.45) is 5.73 Å². The van der Waals surface area contributed by atoms with E-state index in [1.807, 2.05) is 13.0 Å². The quantitative estimate of drug-likeness (QED) is 0.861. The van der Waals surface area contributed by atoms with Gasteiger partial charge in [-0.1, -0.05) is 17.7 Å². The van der Waals surface area contributed by atoms with E-state index in [1.165, 1.54) is 11.1 Å². The van der Waals surface area contributed by atoms with Gasteiger partial charge in [0.15, 0.2) is 0 Å². The molecule has 1 unspecified atom stereocenters. The second-order valence-electron chi connectivity index (χ2n) is 5.29. The predicted octanol–water partition coefficient (Wildman–Crippen LogP) is 2.94. The van der Waals surface area contributed by atoms with Crippen molar-refractivity contribution in [1.82, 2.24) is 0 Å². The molecule has 0 fully saturated rings. The minimum absolute atomic E-state index is 0.140. The standard InChI is InChI=1S/C13H18ClNO/c1-8(15)4-9-5-10-7-13(2,3)16-12(10)11(14)6-9/h5-6,8H,4,7,15H2,1-3H3. The molecule has 0 spiro atoms. The third-order valence-corrected chi connectivity index (χ3v) is 3.01. The molecule has 3 heteroatoms. The second-order valence-corrected chi connectivity index (χ2v) is 5.69. The van der Waals surface area contributed by atoms with E-state index in [0.717, 1.165) is 18.6 Å². The van der Waals surface area contributed by atoms with Crippen LogP contribution in [0.2, 0.25) is 5.02 Å². The monoisotopic (exact) mass is 239 g/mol. The molecule has 0 radical (unpaired) electrons. The second kappa shape index (κ2) is 3.94. The molecule has 1 heterocycles. The molecule has 1 atom stereocenters. The molecule has 2 rings (SSSR count). The lowest BCUT2D eigenvalue weighted by atomic mass is 9.98. The number of hydrogen-bond donors (Lipinski definition) is 1. The van der Waals surface area contributed by atoms with Gasteiger partial charge in [-0.2, -0.15) is 0 Å². The van der Waals surface area contributed by atoms with Gasteiger partial charge in [-0.3, -0.25) is 0 Å². The zero-order chi connectivity index (χ0) is 11.9. The van der Waals surface area contributed by atoms with Crippen LogP contribution in [0.4, 0.5) is 0 Å². The first kappa shape index (κ1) is 11.7. The maximum absolute atomic E-state index is 6.22. The van der Waals surface area contributed by atoms with E-state index in [0.29, 0.717) is 5.02 Å². The van der Waals surface area contributed by atoms with Crippen LogP contribution < -0.4 is 10.5 Å². The first-order valence-corrected chi connectivity index (χ1v) is 6.01. The van der Waals surface area contributed by atoms with Crippen LogP contribution in [0.5, 0.6) is 5.75 Å². The molecule has 2 nitrogen and oxygen atoms in total. The third kappa shape index (κ3) is 2.33. The maximum atomic E-state index is 6.22. The van der Waals surface area contributed by atoms with Gasteiger partial charge in [-0.25, -0.2) is 0 Å². The minimum atomic E-state index is -0.140. The van der Waals surface area contributed by atoms with Crippen molar-refractivity contribution < 1.29 is 4.74 Å². The first-order chi connectivity index (χ1) is 7.37. The van der Waals surface area contributed by atoms with E-state index >= 15 is 0 Å². The fraction of sp³-hybridized carbons (Fsp3) is 0.538. The van der Waals surface area contributed by atoms with Gasteiger partial charge in [0.1, 0.15) is 11.4 Å². The summed E-state index contributed by atoms with van der Waals surface area (Å²) < 4.78 is 5.82. The predicted molar refractivity (Wildman–Crippen MR) is 67.2 cm³/mol. The average molecular weight is 240 g/mol. The van der Waals surface area contributed by atoms with E-state index < -0.39 is 0 Å². The Morgan fingerprint density at radius 2 is 2.19 bits per heavy atom. The molecule has 88 valence electrons. The van der Waals surface area contributed by atoms with E-state index in [9.17, 15) is 0 Å². The van der Waals surface area contributed by atoms with Crippen LogP contribution in [-0.4, -0.2) is 11.6 Å². The van der Waals surface area contributed by atoms with Crippen molar-refractivity contribution >= 4 is 11.6 Å². The van der Waals surface area contributed by atoms with Gasteiger partial charge in [0.05, 0.1) is 5.02 Å². The molecular weight excluding hydrogens is 222 g/mol. The fourth-order valence-corrected chi connectivity index (χ4v) is 2.52. The highest BCUT2D eigenvalue weighted by atomic mass is 35.5. The van der Waals surface area contributed by atoms with Gasteiger partial charge in [0, 0.05) is 12.5 Å². The summed E-state index contributed by atoms with van der Waals surface area (Å²) in [6.07, 6.45) is 1.77. The Morgan fingerprint density at radius 1 is 1.50 bits per heavy atom. The lowest BCUT2D eigenvalue weighted by molar-refractivity contribution is 0.138. The minimum Gasteiger partial charge on any atom is -0.486 e. The molecule has 16 heavy (non-hydrogen) atoms. The SMILES string of the molecule is CC(N)Cc1cc(Cl)c2c(c1)CC(C)(C)O2. The van der Waals surface area contributed by atoms with E-state index in [4.69, 9.17) is 22.1 Å². The van der Waals surface area contributed by atoms with Crippen LogP contribution in [0.3, 0.4) is 0 Å². The number of ether oxygens (including phenoxy) is 1. The molecule has 0 saturated carbocycles. The van der Waals surface area contributed by atoms with Crippen molar-refractivity contribution in [2.75, 3.05) is 0 Å². The Morgan fingerprint density at radius 3 is 2.81 bits per heavy atom. The van der Waals surface area contributed by atoms with E-state index in [-0.39, 0.29) is 11.6 Å². The van der Waals surface area contributed by atoms with Gasteiger partial charge >= 0.3 is 0 Å². The van der Waals surface area contributed by atoms with E-state index in [1.54, 1.807) is 0 Å². The summed E-state index contributed by atoms with van der Waals surface area (Å²) in [5.74, 6) is 0.847. The van der Waals surface area contributed by atoms with Crippen molar-refractivity contribution in [3.63, 3.8) is 0 Å². The molecule has 0 aromatic heterocycles. The summed E-state index contributed by atoms with van der Waals surface area (Å²) in [6.45, 7) is 6.16. The highest BCUT2D eigenvalue weighted by molar-refractivity contribution is 6.32. The molecule has 1 aromatic carbocycles. The number of hydrogen-bond acceptors (Lipinski definition) is 2. The molecule has 0 bridgehead atoms. The Kier molecular flexibility index (Phi) is 2.89. The van der Waals surface area contributed by atoms with Gasteiger partial charge in [-0.05, 0) is 44.4 Å². The number of fused-ring (bicyclic) bond motifs is 1. The van der Waals surface area contributed by atoms with Crippen LogP contribution >= 0.6 is 11.6 Å². The Hall–Kier alpha value is -0.730. The van der Waals surface area contributed by atoms with Crippen molar-refractivity contribution in [2.45, 2.75) is 45.3 Å². The Balaban J connectivity index is 2.34. The molecule has 2 N–H and O–H groups in total. The molecular formula is C13H18ClNO. The Labute approximate surface area is 102 Å². The highest BCUT2D eigenvalue weighted by Crippen LogP contribution is 2.41. The molecule has 1 aromatic rings. The fourth-order valence-electron chi connectivity index (χ4n) is 2.22. The van der Waals surface area contributed by atoms with Gasteiger partial charge in [0.25, 0.3) is 0 Å². The number of nitrogens with two attached hydrogens (primary N) is 1. The number of benzene rings is 1. The smallest absolute Gasteiger partial charge is 0.142 e. The lowest BCUT2D eigenvalue weighted by Crippen LogP contribution is -2.24. The molecule has 0 aliphatic carbocycles. The summed E-state index contributed by atoms with van der Waals surface area (Å²) in [5.41, 5.74) is 8.06. The van der Waals surface area contributed by atoms with E-state index in [2.05, 4.69) is 19.9 Å². The number of halogens is 1. The molecule has 1 aliphatic heterocycles. The molecule has 0 amide bonds. The van der Waals surface area contributed by atoms with Gasteiger partial charge in [0.2, 0.25) is 0 Å². The van der Waals surface area contributed by atoms with Crippen molar-refractivity contribution in [3.05, 3.63) is 28.3 Å². The van der Waals surface area contributed by atoms with Crippen LogP contribution in [0.1, 0.15) is 31.9 Å². The summed E-state index contributed by atoms with van der Waals surface area (Å²) >= 11 is 6.22. The van der Waals surface area contributed by atoms with Gasteiger partial charge < -0.3 is 10.5 Å². The van der Waals surface area contributed by atoms with Crippen LogP contribution in [-0.2, 0) is 12.8 Å². The van der Waals surface area contributed by atoms with Crippen LogP contribution in [0.25, 0.3) is 0 Å². The zero-order valence-electron chi connectivity index (χ0n) is 10.0. The van der Waals surface area contributed by atoms with Crippen molar-refractivity contribution in [1.29, 1.82) is 0 Å². The Bertz CT molecular complexity index is 413. The lowest BCUT2D eigenvalue weighted by Gasteiger charge is -2.17. The zero-order valence-corrected chi connectivity index (χ0v) is 10.8. The topological polar surface area (TPSA) is 35.2 Å². The maximum Gasteiger partial charge on any atom is 0.142 e. The first-order valence-electron chi connectivity index (χ1n) is 5.63. The third-order valence-electron chi connectivity index (χ3n) is 2.73. The molecule has 1 aliphatic rings. The summed E-state index contributed by atoms with van der Waals surface area (Å²) in [6, 6.07) is 4.29. The average Bonchev–Trinajstić information content (AvgIpc) is 2.38.